The van der Waals surface area contributed by atoms with Gasteiger partial charge in [0.1, 0.15) is 0 Å². The summed E-state index contributed by atoms with van der Waals surface area (Å²) < 4.78 is 0. The average Bonchev–Trinajstić information content (AvgIpc) is 1.81. The molecule has 0 amide bonds. The molecule has 0 spiro atoms. The second-order valence-electron chi connectivity index (χ2n) is 0. The van der Waals surface area contributed by atoms with Crippen LogP contribution in [0, 0.1) is 0 Å². The van der Waals surface area contributed by atoms with E-state index in [0.29, 0.717) is 0 Å². The van der Waals surface area contributed by atoms with Crippen molar-refractivity contribution in [1.29, 1.82) is 0 Å². The van der Waals surface area contributed by atoms with Crippen LogP contribution in [0.3, 0.4) is 0 Å². The first-order valence-electron chi connectivity index (χ1n) is 1.30. The quantitative estimate of drug-likeness (QED) is 0.382. The number of hydrogen-bond acceptors (Lipinski definition) is 3. The summed E-state index contributed by atoms with van der Waals surface area (Å²) in [6, 6.07) is 0. The van der Waals surface area contributed by atoms with Gasteiger partial charge in [0.15, 0.2) is 0 Å². The van der Waals surface area contributed by atoms with Crippen LogP contribution in [0.15, 0.2) is 0 Å². The minimum absolute atomic E-state index is 0. The van der Waals surface area contributed by atoms with Crippen molar-refractivity contribution < 1.29 is 44.9 Å². The Kier molecular flexibility index (Phi) is 1010. The topological polar surface area (TPSA) is 63.5 Å². The molecule has 8 heavy (non-hydrogen) atoms. The third-order valence-corrected chi connectivity index (χ3v) is 0. The summed E-state index contributed by atoms with van der Waals surface area (Å²) in [5, 5.41) is 22.2. The van der Waals surface area contributed by atoms with Crippen LogP contribution in [0.5, 0.6) is 0 Å². The summed E-state index contributed by atoms with van der Waals surface area (Å²) in [5.41, 5.74) is 0. The van der Waals surface area contributed by atoms with Gasteiger partial charge in [-0.15, -0.1) is 0 Å². The zero-order valence-electron chi connectivity index (χ0n) is 5.80. The molecule has 0 aliphatic heterocycles. The summed E-state index contributed by atoms with van der Waals surface area (Å²) in [6.45, 7) is 0. The number of aliphatic hydroxyl groups excluding tert-OH is 2. The molecule has 3 nitrogen and oxygen atoms in total. The van der Waals surface area contributed by atoms with E-state index in [4.69, 9.17) is 15.3 Å². The van der Waals surface area contributed by atoms with Crippen LogP contribution in [-0.2, 0) is 0 Å². The van der Waals surface area contributed by atoms with E-state index in [1.54, 1.807) is 0 Å². The molecule has 0 aromatic carbocycles. The number of aliphatic hydroxyl groups is 2. The van der Waals surface area contributed by atoms with Gasteiger partial charge >= 0.3 is 46.6 Å². The third kappa shape index (κ3) is 155. The Morgan fingerprint density at radius 1 is 0.875 bits per heavy atom. The Labute approximate surface area is 82.9 Å². The van der Waals surface area contributed by atoms with Crippen LogP contribution < -0.4 is 34.7 Å². The van der Waals surface area contributed by atoms with Crippen molar-refractivity contribution in [3.8, 4) is 0 Å². The molecule has 0 aliphatic carbocycles. The van der Waals surface area contributed by atoms with E-state index in [1.165, 1.54) is 0 Å². The van der Waals surface area contributed by atoms with E-state index < -0.39 is 0 Å². The standard InChI is InChI=1S/2CH4O.CH3O.Na.H2Se/c3*1-2;;/h2*2H,1H3;1H3;;1H2/q;;-1;+1;. The molecule has 0 aromatic rings. The molecule has 0 radical (unpaired) electrons. The van der Waals surface area contributed by atoms with E-state index >= 15 is 0 Å². The molecule has 50 valence electrons. The Morgan fingerprint density at radius 2 is 0.875 bits per heavy atom. The normalized spacial score (nSPS) is 2.25. The first-order valence-corrected chi connectivity index (χ1v) is 1.30. The summed E-state index contributed by atoms with van der Waals surface area (Å²) in [4.78, 5) is 0. The molecule has 0 atom stereocenters. The summed E-state index contributed by atoms with van der Waals surface area (Å²) in [5.74, 6) is 0. The molecule has 0 saturated heterocycles. The zero-order chi connectivity index (χ0) is 6.00. The SMILES string of the molecule is CO.CO.C[O-].[Na+].[SeH2]. The maximum absolute atomic E-state index is 8.25. The molecular weight excluding hydrogens is 186 g/mol. The number of rotatable bonds is 0. The van der Waals surface area contributed by atoms with Gasteiger partial charge in [-0.05, 0) is 0 Å². The Morgan fingerprint density at radius 3 is 0.875 bits per heavy atom. The minimum atomic E-state index is 0. The maximum atomic E-state index is 8.25. The molecule has 0 aromatic heterocycles. The van der Waals surface area contributed by atoms with Crippen molar-refractivity contribution in [1.82, 2.24) is 0 Å². The van der Waals surface area contributed by atoms with Crippen molar-refractivity contribution in [2.45, 2.75) is 0 Å². The molecule has 0 aliphatic rings. The molecule has 2 N–H and O–H groups in total. The van der Waals surface area contributed by atoms with E-state index in [-0.39, 0.29) is 46.6 Å². The van der Waals surface area contributed by atoms with Crippen LogP contribution in [0.4, 0.5) is 0 Å². The molecule has 0 heterocycles. The average molecular weight is 199 g/mol. The monoisotopic (exact) mass is 200 g/mol. The van der Waals surface area contributed by atoms with Gasteiger partial charge in [0.2, 0.25) is 0 Å². The molecule has 5 heteroatoms. The van der Waals surface area contributed by atoms with Gasteiger partial charge in [-0.1, -0.05) is 0 Å². The van der Waals surface area contributed by atoms with E-state index in [2.05, 4.69) is 0 Å². The van der Waals surface area contributed by atoms with E-state index in [1.807, 2.05) is 0 Å². The fourth-order valence-electron chi connectivity index (χ4n) is 0. The van der Waals surface area contributed by atoms with Gasteiger partial charge in [0, 0.05) is 14.2 Å². The van der Waals surface area contributed by atoms with Gasteiger partial charge < -0.3 is 15.3 Å². The number of hydrogen-bond donors (Lipinski definition) is 2. The van der Waals surface area contributed by atoms with Crippen molar-refractivity contribution in [3.63, 3.8) is 0 Å². The molecule has 0 rings (SSSR count). The molecule has 0 bridgehead atoms. The van der Waals surface area contributed by atoms with Crippen LogP contribution in [0.2, 0.25) is 0 Å². The van der Waals surface area contributed by atoms with Gasteiger partial charge in [0.05, 0.1) is 0 Å². The Bertz CT molecular complexity index is 14.5. The van der Waals surface area contributed by atoms with Gasteiger partial charge in [-0.25, -0.2) is 0 Å². The van der Waals surface area contributed by atoms with Crippen LogP contribution >= 0.6 is 0 Å². The molecule has 0 unspecified atom stereocenters. The Hall–Kier alpha value is 1.40. The third-order valence-electron chi connectivity index (χ3n) is 0. The Balaban J connectivity index is -0.00000000500. The second kappa shape index (κ2) is 235. The van der Waals surface area contributed by atoms with Crippen LogP contribution in [-0.4, -0.2) is 48.6 Å². The first kappa shape index (κ1) is 34.3. The van der Waals surface area contributed by atoms with Crippen molar-refractivity contribution >= 4 is 17.1 Å². The predicted octanol–water partition coefficient (Wildman–Crippen LogP) is -5.72. The van der Waals surface area contributed by atoms with Gasteiger partial charge in [-0.3, -0.25) is 0 Å². The molecule has 0 saturated carbocycles. The second-order valence-corrected chi connectivity index (χ2v) is 0. The molecule has 0 fully saturated rings. The van der Waals surface area contributed by atoms with Gasteiger partial charge in [-0.2, -0.15) is 7.11 Å². The summed E-state index contributed by atoms with van der Waals surface area (Å²) in [6.07, 6.45) is 0. The zero-order valence-corrected chi connectivity index (χ0v) is 9.90. The fraction of sp³-hybridized carbons (Fsp3) is 1.00. The van der Waals surface area contributed by atoms with Crippen LogP contribution in [0.25, 0.3) is 0 Å². The van der Waals surface area contributed by atoms with E-state index in [0.717, 1.165) is 21.3 Å². The van der Waals surface area contributed by atoms with Crippen molar-refractivity contribution in [2.75, 3.05) is 21.3 Å². The van der Waals surface area contributed by atoms with Gasteiger partial charge in [0.25, 0.3) is 0 Å². The van der Waals surface area contributed by atoms with E-state index in [9.17, 15) is 0 Å². The summed E-state index contributed by atoms with van der Waals surface area (Å²) >= 11 is 0. The first-order chi connectivity index (χ1) is 3.00. The summed E-state index contributed by atoms with van der Waals surface area (Å²) in [7, 11) is 2.75. The van der Waals surface area contributed by atoms with Crippen LogP contribution in [0.1, 0.15) is 0 Å². The predicted molar refractivity (Wildman–Crippen MR) is 30.8 cm³/mol. The fourth-order valence-corrected chi connectivity index (χ4v) is 0. The van der Waals surface area contributed by atoms with Crippen molar-refractivity contribution in [3.05, 3.63) is 0 Å². The molecular formula is C3H13NaO3Se. The van der Waals surface area contributed by atoms with Crippen molar-refractivity contribution in [2.24, 2.45) is 0 Å².